The zero-order valence-corrected chi connectivity index (χ0v) is 11.9. The molecule has 0 aliphatic rings. The number of benzene rings is 1. The predicted molar refractivity (Wildman–Crippen MR) is 82.7 cm³/mol. The van der Waals surface area contributed by atoms with Gasteiger partial charge >= 0.3 is 0 Å². The maximum atomic E-state index is 5.95. The highest BCUT2D eigenvalue weighted by molar-refractivity contribution is 5.75. The predicted octanol–water partition coefficient (Wildman–Crippen LogP) is 3.41. The van der Waals surface area contributed by atoms with Crippen LogP contribution in [0.4, 0.5) is 5.82 Å². The van der Waals surface area contributed by atoms with Crippen molar-refractivity contribution in [1.29, 1.82) is 0 Å². The third kappa shape index (κ3) is 2.79. The van der Waals surface area contributed by atoms with E-state index in [1.807, 2.05) is 18.2 Å². The summed E-state index contributed by atoms with van der Waals surface area (Å²) in [6.45, 7) is 2.12. The molecule has 3 rings (SSSR count). The van der Waals surface area contributed by atoms with Crippen LogP contribution in [-0.4, -0.2) is 10.1 Å². The summed E-state index contributed by atoms with van der Waals surface area (Å²) in [6.07, 6.45) is 5.16. The molecule has 0 aliphatic carbocycles. The normalized spacial score (nSPS) is 10.7. The summed E-state index contributed by atoms with van der Waals surface area (Å²) in [5.74, 6) is 1.25. The standard InChI is InChI=1S/C17H17N3O/c1-12-4-2-3-5-13(12)6-7-15-16(17(18)20-21-15)14-8-10-19-11-9-14/h2-5,8-11H,6-7H2,1H3,(H2,18,20). The summed E-state index contributed by atoms with van der Waals surface area (Å²) in [7, 11) is 0. The van der Waals surface area contributed by atoms with E-state index in [0.717, 1.165) is 29.7 Å². The number of nitrogen functional groups attached to an aromatic ring is 1. The number of hydrogen-bond donors (Lipinski definition) is 1. The molecule has 0 unspecified atom stereocenters. The molecule has 0 amide bonds. The molecule has 1 aromatic carbocycles. The molecular weight excluding hydrogens is 262 g/mol. The maximum absolute atomic E-state index is 5.95. The molecule has 0 fully saturated rings. The minimum atomic E-state index is 0.431. The lowest BCUT2D eigenvalue weighted by molar-refractivity contribution is 0.386. The van der Waals surface area contributed by atoms with E-state index in [0.29, 0.717) is 5.82 Å². The fourth-order valence-corrected chi connectivity index (χ4v) is 2.48. The first-order valence-electron chi connectivity index (χ1n) is 6.94. The first-order valence-corrected chi connectivity index (χ1v) is 6.94. The highest BCUT2D eigenvalue weighted by atomic mass is 16.5. The fraction of sp³-hybridized carbons (Fsp3) is 0.176. The van der Waals surface area contributed by atoms with E-state index in [-0.39, 0.29) is 0 Å². The molecule has 2 heterocycles. The number of nitrogens with two attached hydrogens (primary N) is 1. The molecule has 2 aromatic heterocycles. The van der Waals surface area contributed by atoms with Gasteiger partial charge in [-0.25, -0.2) is 0 Å². The molecule has 0 radical (unpaired) electrons. The number of pyridine rings is 1. The molecule has 0 spiro atoms. The van der Waals surface area contributed by atoms with Crippen molar-refractivity contribution in [2.45, 2.75) is 19.8 Å². The summed E-state index contributed by atoms with van der Waals surface area (Å²) in [5, 5.41) is 3.91. The van der Waals surface area contributed by atoms with Crippen molar-refractivity contribution in [1.82, 2.24) is 10.1 Å². The van der Waals surface area contributed by atoms with Gasteiger partial charge < -0.3 is 10.3 Å². The van der Waals surface area contributed by atoms with Crippen LogP contribution in [0, 0.1) is 6.92 Å². The van der Waals surface area contributed by atoms with Gasteiger partial charge in [-0.2, -0.15) is 0 Å². The highest BCUT2D eigenvalue weighted by Gasteiger charge is 2.15. The van der Waals surface area contributed by atoms with Crippen LogP contribution in [0.25, 0.3) is 11.1 Å². The van der Waals surface area contributed by atoms with Gasteiger partial charge in [0.1, 0.15) is 5.76 Å². The fourth-order valence-electron chi connectivity index (χ4n) is 2.48. The summed E-state index contributed by atoms with van der Waals surface area (Å²) in [4.78, 5) is 4.03. The van der Waals surface area contributed by atoms with Crippen molar-refractivity contribution in [3.8, 4) is 11.1 Å². The molecule has 106 valence electrons. The zero-order valence-electron chi connectivity index (χ0n) is 11.9. The van der Waals surface area contributed by atoms with Gasteiger partial charge in [-0.15, -0.1) is 0 Å². The van der Waals surface area contributed by atoms with Gasteiger partial charge in [0.15, 0.2) is 5.82 Å². The summed E-state index contributed by atoms with van der Waals surface area (Å²) in [5.41, 5.74) is 10.4. The average Bonchev–Trinajstić information content (AvgIpc) is 2.88. The third-order valence-electron chi connectivity index (χ3n) is 3.64. The molecule has 21 heavy (non-hydrogen) atoms. The number of anilines is 1. The second-order valence-corrected chi connectivity index (χ2v) is 5.03. The third-order valence-corrected chi connectivity index (χ3v) is 3.64. The van der Waals surface area contributed by atoms with E-state index in [1.165, 1.54) is 11.1 Å². The van der Waals surface area contributed by atoms with E-state index < -0.39 is 0 Å². The van der Waals surface area contributed by atoms with Gasteiger partial charge in [0.25, 0.3) is 0 Å². The van der Waals surface area contributed by atoms with Crippen LogP contribution in [0.3, 0.4) is 0 Å². The van der Waals surface area contributed by atoms with Gasteiger partial charge in [-0.3, -0.25) is 4.98 Å². The lowest BCUT2D eigenvalue weighted by atomic mass is 10.00. The van der Waals surface area contributed by atoms with Crippen molar-refractivity contribution in [2.75, 3.05) is 5.73 Å². The zero-order chi connectivity index (χ0) is 14.7. The highest BCUT2D eigenvalue weighted by Crippen LogP contribution is 2.30. The van der Waals surface area contributed by atoms with Crippen LogP contribution in [-0.2, 0) is 12.8 Å². The van der Waals surface area contributed by atoms with Gasteiger partial charge in [-0.05, 0) is 42.2 Å². The molecule has 0 saturated carbocycles. The van der Waals surface area contributed by atoms with Crippen molar-refractivity contribution in [3.05, 3.63) is 65.7 Å². The molecule has 0 bridgehead atoms. The summed E-state index contributed by atoms with van der Waals surface area (Å²) >= 11 is 0. The van der Waals surface area contributed by atoms with E-state index in [1.54, 1.807) is 12.4 Å². The Kier molecular flexibility index (Phi) is 3.69. The van der Waals surface area contributed by atoms with E-state index in [4.69, 9.17) is 10.3 Å². The topological polar surface area (TPSA) is 64.9 Å². The van der Waals surface area contributed by atoms with Crippen LogP contribution in [0.15, 0.2) is 53.3 Å². The first kappa shape index (κ1) is 13.4. The minimum Gasteiger partial charge on any atom is -0.380 e. The first-order chi connectivity index (χ1) is 10.3. The molecule has 4 nitrogen and oxygen atoms in total. The monoisotopic (exact) mass is 279 g/mol. The van der Waals surface area contributed by atoms with Gasteiger partial charge in [-0.1, -0.05) is 29.4 Å². The quantitative estimate of drug-likeness (QED) is 0.794. The van der Waals surface area contributed by atoms with Crippen molar-refractivity contribution >= 4 is 5.82 Å². The van der Waals surface area contributed by atoms with Crippen molar-refractivity contribution in [2.24, 2.45) is 0 Å². The second-order valence-electron chi connectivity index (χ2n) is 5.03. The van der Waals surface area contributed by atoms with Crippen LogP contribution in [0.1, 0.15) is 16.9 Å². The molecular formula is C17H17N3O. The van der Waals surface area contributed by atoms with Crippen LogP contribution in [0.5, 0.6) is 0 Å². The van der Waals surface area contributed by atoms with E-state index in [9.17, 15) is 0 Å². The Balaban J connectivity index is 1.86. The lowest BCUT2D eigenvalue weighted by Gasteiger charge is -2.05. The molecule has 0 atom stereocenters. The van der Waals surface area contributed by atoms with Crippen LogP contribution < -0.4 is 5.73 Å². The van der Waals surface area contributed by atoms with E-state index >= 15 is 0 Å². The number of aromatic nitrogens is 2. The number of nitrogens with zero attached hydrogens (tertiary/aromatic N) is 2. The Morgan fingerprint density at radius 3 is 2.57 bits per heavy atom. The summed E-state index contributed by atoms with van der Waals surface area (Å²) in [6, 6.07) is 12.2. The molecule has 3 aromatic rings. The molecule has 0 aliphatic heterocycles. The van der Waals surface area contributed by atoms with E-state index in [2.05, 4.69) is 35.3 Å². The Morgan fingerprint density at radius 1 is 1.05 bits per heavy atom. The van der Waals surface area contributed by atoms with Gasteiger partial charge in [0, 0.05) is 18.8 Å². The summed E-state index contributed by atoms with van der Waals surface area (Å²) < 4.78 is 5.42. The number of rotatable bonds is 4. The van der Waals surface area contributed by atoms with Crippen LogP contribution >= 0.6 is 0 Å². The Bertz CT molecular complexity index is 735. The second kappa shape index (κ2) is 5.79. The molecule has 2 N–H and O–H groups in total. The van der Waals surface area contributed by atoms with Gasteiger partial charge in [0.2, 0.25) is 0 Å². The van der Waals surface area contributed by atoms with Gasteiger partial charge in [0.05, 0.1) is 5.56 Å². The SMILES string of the molecule is Cc1ccccc1CCc1onc(N)c1-c1ccncc1. The largest absolute Gasteiger partial charge is 0.380 e. The average molecular weight is 279 g/mol. The molecule has 4 heteroatoms. The Morgan fingerprint density at radius 2 is 1.81 bits per heavy atom. The lowest BCUT2D eigenvalue weighted by Crippen LogP contribution is -1.95. The smallest absolute Gasteiger partial charge is 0.175 e. The van der Waals surface area contributed by atoms with Crippen molar-refractivity contribution < 1.29 is 4.52 Å². The maximum Gasteiger partial charge on any atom is 0.175 e. The minimum absolute atomic E-state index is 0.431. The number of hydrogen-bond acceptors (Lipinski definition) is 4. The Labute approximate surface area is 123 Å². The Hall–Kier alpha value is -2.62. The van der Waals surface area contributed by atoms with Crippen LogP contribution in [0.2, 0.25) is 0 Å². The van der Waals surface area contributed by atoms with Crippen molar-refractivity contribution in [3.63, 3.8) is 0 Å². The number of aryl methyl sites for hydroxylation is 3. The molecule has 0 saturated heterocycles.